The molecule has 0 saturated heterocycles. The zero-order valence-electron chi connectivity index (χ0n) is 19.5. The average Bonchev–Trinajstić information content (AvgIpc) is 2.81. The molecule has 5 heteroatoms. The second-order valence-electron chi connectivity index (χ2n) is 6.15. The van der Waals surface area contributed by atoms with Crippen molar-refractivity contribution >= 4 is 11.0 Å². The maximum atomic E-state index is 12.4. The quantitative estimate of drug-likeness (QED) is 0.392. The number of benzene rings is 2. The highest BCUT2D eigenvalue weighted by atomic mass is 16.5. The van der Waals surface area contributed by atoms with Gasteiger partial charge in [-0.1, -0.05) is 19.9 Å². The Morgan fingerprint density at radius 1 is 0.968 bits per heavy atom. The summed E-state index contributed by atoms with van der Waals surface area (Å²) in [5.41, 5.74) is 1.22. The van der Waals surface area contributed by atoms with E-state index >= 15 is 0 Å². The number of hydrogen-bond acceptors (Lipinski definition) is 5. The van der Waals surface area contributed by atoms with E-state index in [1.165, 1.54) is 6.07 Å². The molecule has 1 aromatic heterocycles. The summed E-state index contributed by atoms with van der Waals surface area (Å²) in [6.07, 6.45) is 5.71. The first-order valence-corrected chi connectivity index (χ1v) is 10.3. The van der Waals surface area contributed by atoms with Crippen LogP contribution in [-0.4, -0.2) is 21.2 Å². The van der Waals surface area contributed by atoms with Gasteiger partial charge in [-0.05, 0) is 82.6 Å². The predicted octanol–water partition coefficient (Wildman–Crippen LogP) is 6.19. The molecule has 0 bridgehead atoms. The van der Waals surface area contributed by atoms with Gasteiger partial charge in [0.1, 0.15) is 28.6 Å². The van der Waals surface area contributed by atoms with Crippen LogP contribution in [0.15, 0.2) is 81.7 Å². The topological polar surface area (TPSA) is 60.7 Å². The molecule has 0 aliphatic rings. The zero-order chi connectivity index (χ0) is 23.2. The minimum atomic E-state index is -0.107. The molecule has 1 N–H and O–H groups in total. The number of nitrogens with one attached hydrogen (secondary N) is 1. The second-order valence-corrected chi connectivity index (χ2v) is 6.15. The lowest BCUT2D eigenvalue weighted by Gasteiger charge is -2.08. The number of rotatable bonds is 5. The van der Waals surface area contributed by atoms with Crippen LogP contribution in [0, 0.1) is 0 Å². The molecule has 166 valence electrons. The van der Waals surface area contributed by atoms with E-state index in [9.17, 15) is 4.79 Å². The fourth-order valence-corrected chi connectivity index (χ4v) is 2.58. The van der Waals surface area contributed by atoms with Crippen LogP contribution in [0.25, 0.3) is 22.3 Å². The van der Waals surface area contributed by atoms with Crippen molar-refractivity contribution in [2.45, 2.75) is 27.7 Å². The van der Waals surface area contributed by atoms with Gasteiger partial charge in [-0.2, -0.15) is 0 Å². The van der Waals surface area contributed by atoms with Crippen LogP contribution < -0.4 is 20.2 Å². The molecule has 5 nitrogen and oxygen atoms in total. The molecule has 0 fully saturated rings. The average molecular weight is 424 g/mol. The Hall–Kier alpha value is -3.31. The number of allylic oxidation sites excluding steroid dienone is 3. The normalized spacial score (nSPS) is 10.7. The highest BCUT2D eigenvalue weighted by Crippen LogP contribution is 2.26. The first-order valence-electron chi connectivity index (χ1n) is 10.3. The van der Waals surface area contributed by atoms with E-state index in [0.29, 0.717) is 28.2 Å². The third-order valence-corrected chi connectivity index (χ3v) is 3.92. The van der Waals surface area contributed by atoms with Crippen molar-refractivity contribution in [3.8, 4) is 22.8 Å². The van der Waals surface area contributed by atoms with E-state index in [1.54, 1.807) is 25.3 Å². The largest absolute Gasteiger partial charge is 0.497 e. The first kappa shape index (κ1) is 25.7. The molecule has 0 spiro atoms. The lowest BCUT2D eigenvalue weighted by Crippen LogP contribution is -2.00. The van der Waals surface area contributed by atoms with Gasteiger partial charge in [0.15, 0.2) is 5.43 Å². The molecule has 0 radical (unpaired) electrons. The van der Waals surface area contributed by atoms with Crippen molar-refractivity contribution in [3.05, 3.63) is 82.7 Å². The summed E-state index contributed by atoms with van der Waals surface area (Å²) in [4.78, 5) is 12.4. The SMILES string of the molecule is C/C=C\C(=C/C)Oc1ccc(-c2cc(=O)c3cc(OC)ccc3o2)cc1.CC.CNC. The Labute approximate surface area is 185 Å². The highest BCUT2D eigenvalue weighted by molar-refractivity contribution is 5.80. The maximum Gasteiger partial charge on any atom is 0.193 e. The molecule has 2 aromatic carbocycles. The lowest BCUT2D eigenvalue weighted by molar-refractivity contribution is 0.415. The van der Waals surface area contributed by atoms with Crippen molar-refractivity contribution in [1.29, 1.82) is 0 Å². The molecule has 0 aliphatic carbocycles. The number of methoxy groups -OCH3 is 1. The maximum absolute atomic E-state index is 12.4. The summed E-state index contributed by atoms with van der Waals surface area (Å²) in [6, 6.07) is 14.1. The standard InChI is InChI=1S/C22H20O4.C2H7N.C2H6/c1-4-6-16(5-2)25-17-9-7-15(8-10-17)22-14-20(23)19-13-18(24-3)11-12-21(19)26-22;1-3-2;1-2/h4-14H,1-3H3;3H,1-2H3;1-2H3/b6-4-,16-5+;;. The van der Waals surface area contributed by atoms with Gasteiger partial charge < -0.3 is 19.2 Å². The number of hydrogen-bond donors (Lipinski definition) is 1. The Bertz CT molecular complexity index is 1050. The van der Waals surface area contributed by atoms with Gasteiger partial charge in [-0.15, -0.1) is 0 Å². The van der Waals surface area contributed by atoms with Gasteiger partial charge >= 0.3 is 0 Å². The van der Waals surface area contributed by atoms with Crippen molar-refractivity contribution < 1.29 is 13.9 Å². The van der Waals surface area contributed by atoms with Crippen LogP contribution in [-0.2, 0) is 0 Å². The molecule has 3 rings (SSSR count). The van der Waals surface area contributed by atoms with Crippen LogP contribution in [0.5, 0.6) is 11.5 Å². The van der Waals surface area contributed by atoms with Gasteiger partial charge in [0, 0.05) is 11.6 Å². The van der Waals surface area contributed by atoms with Crippen LogP contribution in [0.1, 0.15) is 27.7 Å². The molecule has 0 amide bonds. The summed E-state index contributed by atoms with van der Waals surface area (Å²) in [5, 5.41) is 3.25. The van der Waals surface area contributed by atoms with Crippen LogP contribution in [0.4, 0.5) is 0 Å². The molecular formula is C26H33NO4. The predicted molar refractivity (Wildman–Crippen MR) is 130 cm³/mol. The van der Waals surface area contributed by atoms with Crippen molar-refractivity contribution in [2.75, 3.05) is 21.2 Å². The fraction of sp³-hybridized carbons (Fsp3) is 0.269. The first-order chi connectivity index (χ1) is 15.1. The summed E-state index contributed by atoms with van der Waals surface area (Å²) in [5.74, 6) is 2.62. The minimum absolute atomic E-state index is 0.107. The van der Waals surface area contributed by atoms with Crippen molar-refractivity contribution in [2.24, 2.45) is 0 Å². The summed E-state index contributed by atoms with van der Waals surface area (Å²) in [6.45, 7) is 7.86. The lowest BCUT2D eigenvalue weighted by atomic mass is 10.1. The van der Waals surface area contributed by atoms with E-state index in [0.717, 1.165) is 11.3 Å². The number of ether oxygens (including phenoxy) is 2. The van der Waals surface area contributed by atoms with Crippen LogP contribution in [0.2, 0.25) is 0 Å². The Kier molecular flexibility index (Phi) is 11.5. The van der Waals surface area contributed by atoms with Gasteiger partial charge in [-0.3, -0.25) is 4.79 Å². The van der Waals surface area contributed by atoms with E-state index in [-0.39, 0.29) is 5.43 Å². The second kappa shape index (κ2) is 13.8. The molecule has 0 atom stereocenters. The molecule has 31 heavy (non-hydrogen) atoms. The van der Waals surface area contributed by atoms with E-state index in [1.807, 2.05) is 84.3 Å². The minimum Gasteiger partial charge on any atom is -0.497 e. The highest BCUT2D eigenvalue weighted by Gasteiger charge is 2.08. The van der Waals surface area contributed by atoms with Gasteiger partial charge in [0.25, 0.3) is 0 Å². The third-order valence-electron chi connectivity index (χ3n) is 3.92. The molecule has 0 unspecified atom stereocenters. The molecule has 1 heterocycles. The fourth-order valence-electron chi connectivity index (χ4n) is 2.58. The third kappa shape index (κ3) is 7.46. The van der Waals surface area contributed by atoms with Gasteiger partial charge in [0.2, 0.25) is 0 Å². The molecule has 0 saturated carbocycles. The Morgan fingerprint density at radius 2 is 1.58 bits per heavy atom. The zero-order valence-corrected chi connectivity index (χ0v) is 19.5. The van der Waals surface area contributed by atoms with Crippen molar-refractivity contribution in [1.82, 2.24) is 5.32 Å². The Morgan fingerprint density at radius 3 is 2.13 bits per heavy atom. The van der Waals surface area contributed by atoms with E-state index in [2.05, 4.69) is 5.32 Å². The smallest absolute Gasteiger partial charge is 0.193 e. The van der Waals surface area contributed by atoms with E-state index < -0.39 is 0 Å². The van der Waals surface area contributed by atoms with E-state index in [4.69, 9.17) is 13.9 Å². The van der Waals surface area contributed by atoms with Crippen LogP contribution in [0.3, 0.4) is 0 Å². The monoisotopic (exact) mass is 423 g/mol. The van der Waals surface area contributed by atoms with Crippen LogP contribution >= 0.6 is 0 Å². The van der Waals surface area contributed by atoms with Gasteiger partial charge in [0.05, 0.1) is 12.5 Å². The Balaban J connectivity index is 0.000000884. The molecule has 0 aliphatic heterocycles. The number of fused-ring (bicyclic) bond motifs is 1. The summed E-state index contributed by atoms with van der Waals surface area (Å²) < 4.78 is 16.8. The summed E-state index contributed by atoms with van der Waals surface area (Å²) in [7, 11) is 5.32. The molecule has 3 aromatic rings. The molecular weight excluding hydrogens is 390 g/mol. The van der Waals surface area contributed by atoms with Crippen molar-refractivity contribution in [3.63, 3.8) is 0 Å². The van der Waals surface area contributed by atoms with Gasteiger partial charge in [-0.25, -0.2) is 0 Å². The summed E-state index contributed by atoms with van der Waals surface area (Å²) >= 11 is 0.